The van der Waals surface area contributed by atoms with Crippen molar-refractivity contribution in [3.8, 4) is 0 Å². The second-order valence-electron chi connectivity index (χ2n) is 10.7. The van der Waals surface area contributed by atoms with E-state index in [1.807, 2.05) is 47.7 Å². The predicted molar refractivity (Wildman–Crippen MR) is 142 cm³/mol. The Kier molecular flexibility index (Phi) is 8.27. The highest BCUT2D eigenvalue weighted by Gasteiger charge is 2.39. The zero-order valence-electron chi connectivity index (χ0n) is 21.5. The Morgan fingerprint density at radius 2 is 1.85 bits per heavy atom. The maximum absolute atomic E-state index is 12.6. The summed E-state index contributed by atoms with van der Waals surface area (Å²) in [6.45, 7) is 15.9. The third-order valence-corrected chi connectivity index (χ3v) is 8.52. The molecule has 1 amide bonds. The molecule has 1 aromatic heterocycles. The van der Waals surface area contributed by atoms with Crippen molar-refractivity contribution in [2.75, 3.05) is 6.54 Å². The zero-order valence-corrected chi connectivity index (χ0v) is 23.1. The number of ether oxygens (including phenoxy) is 1. The van der Waals surface area contributed by atoms with Gasteiger partial charge in [0.05, 0.1) is 29.6 Å². The van der Waals surface area contributed by atoms with E-state index in [0.717, 1.165) is 27.6 Å². The van der Waals surface area contributed by atoms with Gasteiger partial charge in [0.15, 0.2) is 0 Å². The van der Waals surface area contributed by atoms with E-state index in [4.69, 9.17) is 9.39 Å². The van der Waals surface area contributed by atoms with Crippen molar-refractivity contribution in [2.24, 2.45) is 0 Å². The zero-order chi connectivity index (χ0) is 25.3. The third-order valence-electron chi connectivity index (χ3n) is 5.83. The molecule has 1 aromatic rings. The fourth-order valence-electron chi connectivity index (χ4n) is 3.24. The summed E-state index contributed by atoms with van der Waals surface area (Å²) in [5.74, 6) is 0.743. The number of nitrogens with zero attached hydrogens (tertiary/aromatic N) is 2. The molecular formula is C24H37BN3O4S2. The topological polar surface area (TPSA) is 87.7 Å². The van der Waals surface area contributed by atoms with Crippen LogP contribution in [0.25, 0.3) is 4.91 Å². The monoisotopic (exact) mass is 506 g/mol. The van der Waals surface area contributed by atoms with Crippen LogP contribution in [0.1, 0.15) is 73.3 Å². The van der Waals surface area contributed by atoms with E-state index >= 15 is 0 Å². The average Bonchev–Trinajstić information content (AvgIpc) is 3.38. The van der Waals surface area contributed by atoms with Gasteiger partial charge < -0.3 is 24.4 Å². The summed E-state index contributed by atoms with van der Waals surface area (Å²) in [6, 6.07) is 0. The summed E-state index contributed by atoms with van der Waals surface area (Å²) in [5, 5.41) is 10.9. The van der Waals surface area contributed by atoms with Crippen molar-refractivity contribution in [1.29, 1.82) is 0 Å². The van der Waals surface area contributed by atoms with Gasteiger partial charge in [0.2, 0.25) is 0 Å². The second kappa shape index (κ2) is 10.3. The quantitative estimate of drug-likeness (QED) is 0.448. The molecule has 3 rings (SSSR count). The number of hydrogen-bond acceptors (Lipinski definition) is 7. The number of fused-ring (bicyclic) bond motifs is 1. The number of rotatable bonds is 9. The summed E-state index contributed by atoms with van der Waals surface area (Å²) in [4.78, 5) is 24.4. The minimum absolute atomic E-state index is 0.323. The minimum atomic E-state index is -0.945. The molecule has 0 aliphatic carbocycles. The van der Waals surface area contributed by atoms with E-state index in [1.165, 1.54) is 0 Å². The fourth-order valence-corrected chi connectivity index (χ4v) is 5.98. The number of imidazole rings is 1. The minimum Gasteiger partial charge on any atom is -0.444 e. The first-order valence-electron chi connectivity index (χ1n) is 11.7. The number of amides is 1. The van der Waals surface area contributed by atoms with Crippen LogP contribution in [0.15, 0.2) is 23.2 Å². The van der Waals surface area contributed by atoms with Crippen LogP contribution in [-0.2, 0) is 15.9 Å². The second-order valence-corrected chi connectivity index (χ2v) is 13.2. The van der Waals surface area contributed by atoms with Crippen LogP contribution in [-0.4, -0.2) is 67.4 Å². The Hall–Kier alpha value is -1.36. The third kappa shape index (κ3) is 6.86. The maximum Gasteiger partial charge on any atom is 0.410 e. The van der Waals surface area contributed by atoms with Crippen LogP contribution in [0, 0.1) is 0 Å². The molecule has 1 radical (unpaired) electrons. The van der Waals surface area contributed by atoms with E-state index in [-0.39, 0.29) is 6.09 Å². The molecule has 0 saturated heterocycles. The molecule has 0 fully saturated rings. The van der Waals surface area contributed by atoms with Gasteiger partial charge in [0.25, 0.3) is 0 Å². The van der Waals surface area contributed by atoms with Gasteiger partial charge >= 0.3 is 13.6 Å². The normalized spacial score (nSPS) is 20.6. The summed E-state index contributed by atoms with van der Waals surface area (Å²) >= 11 is 3.56. The number of carbonyl (C=O) groups is 1. The van der Waals surface area contributed by atoms with Gasteiger partial charge in [-0.15, -0.1) is 23.5 Å². The molecule has 2 aliphatic rings. The molecule has 2 atom stereocenters. The van der Waals surface area contributed by atoms with Gasteiger partial charge in [0, 0.05) is 21.9 Å². The lowest BCUT2D eigenvalue weighted by Gasteiger charge is -2.37. The van der Waals surface area contributed by atoms with Crippen LogP contribution < -0.4 is 0 Å². The van der Waals surface area contributed by atoms with Crippen LogP contribution in [0.5, 0.6) is 0 Å². The Morgan fingerprint density at radius 1 is 1.18 bits per heavy atom. The van der Waals surface area contributed by atoms with E-state index in [9.17, 15) is 9.90 Å². The smallest absolute Gasteiger partial charge is 0.410 e. The molecule has 0 aromatic carbocycles. The molecule has 34 heavy (non-hydrogen) atoms. The van der Waals surface area contributed by atoms with Crippen LogP contribution in [0.4, 0.5) is 4.79 Å². The maximum atomic E-state index is 12.6. The standard InChI is InChI=1S/C24H37BN3O4S2/c1-9-10-28(21(29)31-22(2,3)4)14-20-26-13-15(27-20)16-11-17-18(33-16)12-19(34-17)25-32-24(7,8)23(5,6)30/h11-13,17-18,30H,9-10,14H2,1-8H3,(H,26,27). The molecular weight excluding hydrogens is 469 g/mol. The van der Waals surface area contributed by atoms with Crippen molar-refractivity contribution < 1.29 is 19.3 Å². The number of carbonyl (C=O) groups excluding carboxylic acids is 1. The van der Waals surface area contributed by atoms with Crippen LogP contribution in [0.2, 0.25) is 0 Å². The lowest BCUT2D eigenvalue weighted by atomic mass is 9.86. The molecule has 187 valence electrons. The average molecular weight is 507 g/mol. The number of thioether (sulfide) groups is 2. The molecule has 3 heterocycles. The summed E-state index contributed by atoms with van der Waals surface area (Å²) in [6.07, 6.45) is 6.83. The van der Waals surface area contributed by atoms with Crippen LogP contribution >= 0.6 is 23.5 Å². The number of H-pyrrole nitrogens is 1. The highest BCUT2D eigenvalue weighted by atomic mass is 32.2. The predicted octanol–water partition coefficient (Wildman–Crippen LogP) is 5.16. The van der Waals surface area contributed by atoms with E-state index in [1.54, 1.807) is 49.8 Å². The van der Waals surface area contributed by atoms with Gasteiger partial charge in [0.1, 0.15) is 11.4 Å². The Morgan fingerprint density at radius 3 is 2.44 bits per heavy atom. The van der Waals surface area contributed by atoms with Gasteiger partial charge in [-0.25, -0.2) is 9.78 Å². The first-order valence-corrected chi connectivity index (χ1v) is 13.5. The van der Waals surface area contributed by atoms with Crippen LogP contribution in [0.3, 0.4) is 0 Å². The Balaban J connectivity index is 1.57. The lowest BCUT2D eigenvalue weighted by Crippen LogP contribution is -2.48. The Labute approximate surface area is 212 Å². The van der Waals surface area contributed by atoms with Gasteiger partial charge in [-0.3, -0.25) is 0 Å². The highest BCUT2D eigenvalue weighted by Crippen LogP contribution is 2.50. The molecule has 7 nitrogen and oxygen atoms in total. The molecule has 0 bridgehead atoms. The summed E-state index contributed by atoms with van der Waals surface area (Å²) < 4.78 is 11.5. The molecule has 10 heteroatoms. The molecule has 2 N–H and O–H groups in total. The number of nitrogens with one attached hydrogen (secondary N) is 1. The van der Waals surface area contributed by atoms with Crippen molar-refractivity contribution in [3.05, 3.63) is 34.7 Å². The Bertz CT molecular complexity index is 947. The lowest BCUT2D eigenvalue weighted by molar-refractivity contribution is -0.0895. The van der Waals surface area contributed by atoms with Gasteiger partial charge in [-0.1, -0.05) is 19.1 Å². The molecule has 2 unspecified atom stereocenters. The van der Waals surface area contributed by atoms with Crippen molar-refractivity contribution in [2.45, 2.75) is 95.7 Å². The first-order chi connectivity index (χ1) is 15.7. The first kappa shape index (κ1) is 27.2. The fraction of sp³-hybridized carbons (Fsp3) is 0.667. The number of aromatic amines is 1. The molecule has 2 aliphatic heterocycles. The molecule has 0 saturated carbocycles. The van der Waals surface area contributed by atoms with E-state index in [0.29, 0.717) is 23.6 Å². The summed E-state index contributed by atoms with van der Waals surface area (Å²) in [5.41, 5.74) is -1.19. The molecule has 0 spiro atoms. The highest BCUT2D eigenvalue weighted by molar-refractivity contribution is 8.12. The van der Waals surface area contributed by atoms with Gasteiger partial charge in [-0.2, -0.15) is 0 Å². The number of hydrogen-bond donors (Lipinski definition) is 2. The number of aromatic nitrogens is 2. The largest absolute Gasteiger partial charge is 0.444 e. The summed E-state index contributed by atoms with van der Waals surface area (Å²) in [7, 11) is 1.77. The van der Waals surface area contributed by atoms with Gasteiger partial charge in [-0.05, 0) is 59.7 Å². The van der Waals surface area contributed by atoms with E-state index < -0.39 is 16.8 Å². The van der Waals surface area contributed by atoms with Crippen molar-refractivity contribution in [1.82, 2.24) is 14.9 Å². The number of aliphatic hydroxyl groups is 1. The van der Waals surface area contributed by atoms with E-state index in [2.05, 4.69) is 22.1 Å². The van der Waals surface area contributed by atoms with Crippen molar-refractivity contribution in [3.63, 3.8) is 0 Å². The van der Waals surface area contributed by atoms with Crippen molar-refractivity contribution >= 4 is 42.0 Å². The SMILES string of the molecule is CCCN(Cc1ncc(C2=CC3SC([B]OC(C)(C)C(C)(C)O)=CC3S2)[nH]1)C(=O)OC(C)(C)C.